The fourth-order valence-electron chi connectivity index (χ4n) is 5.55. The molecule has 2 bridgehead atoms. The number of carbonyl (C=O) groups is 2. The van der Waals surface area contributed by atoms with Crippen molar-refractivity contribution < 1.29 is 28.9 Å². The van der Waals surface area contributed by atoms with Crippen molar-refractivity contribution in [2.24, 2.45) is 17.3 Å². The third kappa shape index (κ3) is 4.43. The molecule has 5 atom stereocenters. The highest BCUT2D eigenvalue weighted by Crippen LogP contribution is 2.57. The third-order valence-corrected chi connectivity index (χ3v) is 6.95. The van der Waals surface area contributed by atoms with Crippen LogP contribution in [-0.4, -0.2) is 48.1 Å². The van der Waals surface area contributed by atoms with Crippen LogP contribution in [0.2, 0.25) is 0 Å². The van der Waals surface area contributed by atoms with E-state index >= 15 is 0 Å². The predicted octanol–water partition coefficient (Wildman–Crippen LogP) is 3.33. The fourth-order valence-corrected chi connectivity index (χ4v) is 5.55. The van der Waals surface area contributed by atoms with Crippen molar-refractivity contribution in [1.29, 1.82) is 0 Å². The lowest BCUT2D eigenvalue weighted by molar-refractivity contribution is -0.191. The Kier molecular flexibility index (Phi) is 5.98. The number of carbonyl (C=O) groups excluding carboxylic acids is 2. The third-order valence-electron chi connectivity index (χ3n) is 6.95. The highest BCUT2D eigenvalue weighted by atomic mass is 16.6. The van der Waals surface area contributed by atoms with Gasteiger partial charge in [0, 0.05) is 19.4 Å². The molecule has 1 heterocycles. The largest absolute Gasteiger partial charge is 0.462 e. The summed E-state index contributed by atoms with van der Waals surface area (Å²) in [6.45, 7) is 7.30. The number of methoxy groups -OCH3 is 1. The molecule has 0 aromatic rings. The molecule has 29 heavy (non-hydrogen) atoms. The molecule has 0 spiro atoms. The summed E-state index contributed by atoms with van der Waals surface area (Å²) in [7, 11) is 1.68. The van der Waals surface area contributed by atoms with Gasteiger partial charge in [0.15, 0.2) is 0 Å². The van der Waals surface area contributed by atoms with Crippen molar-refractivity contribution in [3.63, 3.8) is 0 Å². The lowest BCUT2D eigenvalue weighted by Crippen LogP contribution is -2.56. The molecule has 1 N–H and O–H groups in total. The second-order valence-corrected chi connectivity index (χ2v) is 9.72. The molecule has 3 rings (SSSR count). The topological polar surface area (TPSA) is 82.1 Å². The van der Waals surface area contributed by atoms with Gasteiger partial charge in [-0.25, -0.2) is 0 Å². The molecule has 6 heteroatoms. The molecule has 162 valence electrons. The first kappa shape index (κ1) is 22.0. The summed E-state index contributed by atoms with van der Waals surface area (Å²) >= 11 is 0. The average Bonchev–Trinajstić information content (AvgIpc) is 2.72. The minimum absolute atomic E-state index is 0.0144. The highest BCUT2D eigenvalue weighted by Gasteiger charge is 2.60. The van der Waals surface area contributed by atoms with E-state index in [1.165, 1.54) is 6.92 Å². The Hall–Kier alpha value is -1.66. The van der Waals surface area contributed by atoms with Gasteiger partial charge in [-0.3, -0.25) is 9.59 Å². The van der Waals surface area contributed by atoms with Crippen LogP contribution < -0.4 is 0 Å². The lowest BCUT2D eigenvalue weighted by Gasteiger charge is -2.50. The van der Waals surface area contributed by atoms with Crippen LogP contribution in [-0.2, 0) is 23.8 Å². The summed E-state index contributed by atoms with van der Waals surface area (Å²) in [6, 6.07) is 0. The molecule has 0 aromatic carbocycles. The zero-order valence-electron chi connectivity index (χ0n) is 18.2. The van der Waals surface area contributed by atoms with Crippen molar-refractivity contribution in [1.82, 2.24) is 0 Å². The second-order valence-electron chi connectivity index (χ2n) is 9.72. The van der Waals surface area contributed by atoms with E-state index in [1.54, 1.807) is 27.0 Å². The van der Waals surface area contributed by atoms with Crippen molar-refractivity contribution in [2.45, 2.75) is 77.1 Å². The van der Waals surface area contributed by atoms with Crippen LogP contribution >= 0.6 is 0 Å². The maximum Gasteiger partial charge on any atom is 0.312 e. The van der Waals surface area contributed by atoms with Crippen LogP contribution in [0.15, 0.2) is 23.8 Å². The number of hydrogen-bond donors (Lipinski definition) is 1. The van der Waals surface area contributed by atoms with Crippen molar-refractivity contribution in [2.75, 3.05) is 13.7 Å². The number of esters is 2. The maximum atomic E-state index is 12.9. The summed E-state index contributed by atoms with van der Waals surface area (Å²) in [5, 5.41) is 9.94. The van der Waals surface area contributed by atoms with Crippen molar-refractivity contribution in [3.8, 4) is 0 Å². The summed E-state index contributed by atoms with van der Waals surface area (Å²) in [5.41, 5.74) is -0.721. The monoisotopic (exact) mass is 406 g/mol. The Labute approximate surface area is 173 Å². The Balaban J connectivity index is 1.97. The number of allylic oxidation sites excluding steroid dienone is 2. The molecule has 0 unspecified atom stereocenters. The lowest BCUT2D eigenvalue weighted by atomic mass is 9.62. The van der Waals surface area contributed by atoms with Gasteiger partial charge in [0.1, 0.15) is 12.7 Å². The molecule has 6 nitrogen and oxygen atoms in total. The van der Waals surface area contributed by atoms with Gasteiger partial charge in [-0.05, 0) is 57.4 Å². The Morgan fingerprint density at radius 2 is 2.03 bits per heavy atom. The van der Waals surface area contributed by atoms with Gasteiger partial charge in [-0.15, -0.1) is 0 Å². The number of rotatable bonds is 4. The van der Waals surface area contributed by atoms with Gasteiger partial charge in [0.2, 0.25) is 0 Å². The molecule has 0 aromatic heterocycles. The van der Waals surface area contributed by atoms with Gasteiger partial charge < -0.3 is 19.3 Å². The Morgan fingerprint density at radius 3 is 2.66 bits per heavy atom. The van der Waals surface area contributed by atoms with E-state index in [0.29, 0.717) is 19.3 Å². The van der Waals surface area contributed by atoms with Gasteiger partial charge in [0.05, 0.1) is 17.1 Å². The zero-order chi connectivity index (χ0) is 21.4. The number of cyclic esters (lactones) is 1. The van der Waals surface area contributed by atoms with E-state index in [4.69, 9.17) is 14.2 Å². The van der Waals surface area contributed by atoms with Crippen LogP contribution in [0.5, 0.6) is 0 Å². The number of aliphatic hydroxyl groups is 1. The first-order chi connectivity index (χ1) is 13.5. The van der Waals surface area contributed by atoms with Crippen LogP contribution in [0.1, 0.15) is 59.8 Å². The van der Waals surface area contributed by atoms with Gasteiger partial charge in [-0.1, -0.05) is 25.2 Å². The summed E-state index contributed by atoms with van der Waals surface area (Å²) in [4.78, 5) is 24.6. The average molecular weight is 407 g/mol. The molecule has 3 fully saturated rings. The molecule has 1 aliphatic heterocycles. The summed E-state index contributed by atoms with van der Waals surface area (Å²) in [6.07, 6.45) is 9.01. The molecular formula is C23H34O6. The SMILES string of the molecule is CO[C@@]12CC[C@H](OC(C)=O)[C@@](C)(CC[C@@H]3/C(=C/C=C/C(C)(C)O)COC(=O)[C@H]31)C2. The molecule has 1 saturated heterocycles. The van der Waals surface area contributed by atoms with Crippen LogP contribution in [0, 0.1) is 17.3 Å². The van der Waals surface area contributed by atoms with Crippen LogP contribution in [0.25, 0.3) is 0 Å². The normalized spacial score (nSPS) is 39.0. The molecule has 0 amide bonds. The van der Waals surface area contributed by atoms with Gasteiger partial charge in [0.25, 0.3) is 0 Å². The molecule has 0 radical (unpaired) electrons. The van der Waals surface area contributed by atoms with Crippen LogP contribution in [0.4, 0.5) is 0 Å². The smallest absolute Gasteiger partial charge is 0.312 e. The minimum atomic E-state index is -0.902. The molecular weight excluding hydrogens is 372 g/mol. The zero-order valence-corrected chi connectivity index (χ0v) is 18.2. The van der Waals surface area contributed by atoms with E-state index < -0.39 is 11.2 Å². The standard InChI is InChI=1S/C23H34O6/c1-15(24)29-18-9-12-23(27-5)14-22(18,4)11-8-17-16(7-6-10-21(2,3)26)13-28-20(25)19(17)23/h6-7,10,17-19,26H,8-9,11-14H2,1-5H3/b10-6+,16-7+/t17-,18+,19+,22+,23-/m1/s1. The van der Waals surface area contributed by atoms with Crippen LogP contribution in [0.3, 0.4) is 0 Å². The minimum Gasteiger partial charge on any atom is -0.462 e. The van der Waals surface area contributed by atoms with Gasteiger partial charge >= 0.3 is 11.9 Å². The van der Waals surface area contributed by atoms with Crippen molar-refractivity contribution >= 4 is 11.9 Å². The first-order valence-corrected chi connectivity index (χ1v) is 10.5. The first-order valence-electron chi connectivity index (χ1n) is 10.5. The summed E-state index contributed by atoms with van der Waals surface area (Å²) < 4.78 is 17.3. The summed E-state index contributed by atoms with van der Waals surface area (Å²) in [5.74, 6) is -0.820. The number of hydrogen-bond acceptors (Lipinski definition) is 6. The Morgan fingerprint density at radius 1 is 1.31 bits per heavy atom. The number of fused-ring (bicyclic) bond motifs is 4. The van der Waals surface area contributed by atoms with E-state index in [0.717, 1.165) is 18.4 Å². The fraction of sp³-hybridized carbons (Fsp3) is 0.739. The molecule has 3 aliphatic rings. The van der Waals surface area contributed by atoms with Gasteiger partial charge in [-0.2, -0.15) is 0 Å². The Bertz CT molecular complexity index is 717. The number of ether oxygens (including phenoxy) is 3. The van der Waals surface area contributed by atoms with Crippen molar-refractivity contribution in [3.05, 3.63) is 23.8 Å². The molecule has 2 saturated carbocycles. The van der Waals surface area contributed by atoms with E-state index in [2.05, 4.69) is 6.92 Å². The van der Waals surface area contributed by atoms with E-state index in [-0.39, 0.29) is 41.9 Å². The predicted molar refractivity (Wildman–Crippen MR) is 108 cm³/mol. The highest BCUT2D eigenvalue weighted by molar-refractivity contribution is 5.76. The maximum absolute atomic E-state index is 12.9. The quantitative estimate of drug-likeness (QED) is 0.721. The van der Waals surface area contributed by atoms with E-state index in [1.807, 2.05) is 12.2 Å². The second kappa shape index (κ2) is 7.88. The van der Waals surface area contributed by atoms with E-state index in [9.17, 15) is 14.7 Å². The molecule has 2 aliphatic carbocycles.